The summed E-state index contributed by atoms with van der Waals surface area (Å²) in [6.45, 7) is 0. The Kier molecular flexibility index (Phi) is 7.46. The second-order valence-electron chi connectivity index (χ2n) is 15.9. The number of thiophene rings is 1. The zero-order chi connectivity index (χ0) is 37.5. The Bertz CT molecular complexity index is 2910. The van der Waals surface area contributed by atoms with Gasteiger partial charge in [-0.1, -0.05) is 127 Å². The largest absolute Gasteiger partial charge is 0.457 e. The second-order valence-corrected chi connectivity index (χ2v) is 17.0. The highest BCUT2D eigenvalue weighted by Crippen LogP contribution is 2.63. The summed E-state index contributed by atoms with van der Waals surface area (Å²) in [7, 11) is 0. The lowest BCUT2D eigenvalue weighted by Crippen LogP contribution is -2.34. The van der Waals surface area contributed by atoms with Crippen LogP contribution in [0.2, 0.25) is 0 Å². The van der Waals surface area contributed by atoms with Crippen molar-refractivity contribution in [1.82, 2.24) is 5.32 Å². The topological polar surface area (TPSA) is 33.6 Å². The fraction of sp³-hybridized carbons (Fsp3) is 0.151. The smallest absolute Gasteiger partial charge is 0.145 e. The third kappa shape index (κ3) is 5.00. The Hall–Kier alpha value is -6.23. The van der Waals surface area contributed by atoms with Gasteiger partial charge in [-0.05, 0) is 130 Å². The number of nitrogens with one attached hydrogen (secondary N) is 1. The van der Waals surface area contributed by atoms with Gasteiger partial charge in [0.05, 0.1) is 11.1 Å². The molecule has 1 N–H and O–H groups in total. The Morgan fingerprint density at radius 3 is 2.37 bits per heavy atom. The van der Waals surface area contributed by atoms with Crippen molar-refractivity contribution in [1.29, 1.82) is 0 Å². The van der Waals surface area contributed by atoms with Crippen LogP contribution in [-0.4, -0.2) is 11.9 Å². The molecule has 4 aliphatic carbocycles. The van der Waals surface area contributed by atoms with Crippen LogP contribution in [-0.2, 0) is 11.8 Å². The molecule has 0 bridgehead atoms. The minimum Gasteiger partial charge on any atom is -0.457 e. The number of para-hydroxylation sites is 1. The number of hydrogen-bond donors (Lipinski definition) is 1. The number of fused-ring (bicyclic) bond motifs is 11. The molecule has 2 aliphatic heterocycles. The zero-order valence-corrected chi connectivity index (χ0v) is 32.4. The first kappa shape index (κ1) is 33.0. The van der Waals surface area contributed by atoms with E-state index in [-0.39, 0.29) is 11.6 Å². The van der Waals surface area contributed by atoms with Crippen LogP contribution in [0.5, 0.6) is 11.5 Å². The highest BCUT2D eigenvalue weighted by Gasteiger charge is 2.52. The summed E-state index contributed by atoms with van der Waals surface area (Å²) in [5.41, 5.74) is 17.3. The highest BCUT2D eigenvalue weighted by atomic mass is 32.1. The summed E-state index contributed by atoms with van der Waals surface area (Å²) >= 11 is 1.91. The van der Waals surface area contributed by atoms with Crippen molar-refractivity contribution in [3.05, 3.63) is 212 Å². The molecule has 1 spiro atoms. The Labute approximate surface area is 337 Å². The maximum absolute atomic E-state index is 6.95. The molecule has 0 saturated carbocycles. The molecule has 6 aromatic rings. The molecular weight excluding hydrogens is 713 g/mol. The van der Waals surface area contributed by atoms with Gasteiger partial charge in [0.2, 0.25) is 0 Å². The van der Waals surface area contributed by atoms with Crippen LogP contribution in [0.3, 0.4) is 0 Å². The van der Waals surface area contributed by atoms with E-state index in [1.165, 1.54) is 76.2 Å². The zero-order valence-electron chi connectivity index (χ0n) is 31.6. The predicted octanol–water partition coefficient (Wildman–Crippen LogP) is 13.0. The van der Waals surface area contributed by atoms with Crippen LogP contribution >= 0.6 is 11.3 Å². The van der Waals surface area contributed by atoms with Gasteiger partial charge in [-0.25, -0.2) is 0 Å². The van der Waals surface area contributed by atoms with Gasteiger partial charge in [-0.2, -0.15) is 0 Å². The first-order valence-electron chi connectivity index (χ1n) is 20.4. The highest BCUT2D eigenvalue weighted by molar-refractivity contribution is 7.20. The molecule has 0 amide bonds. The summed E-state index contributed by atoms with van der Waals surface area (Å²) < 4.78 is 8.29. The third-order valence-electron chi connectivity index (χ3n) is 12.9. The molecule has 4 heteroatoms. The van der Waals surface area contributed by atoms with E-state index in [0.29, 0.717) is 0 Å². The number of ether oxygens (including phenoxy) is 1. The first-order chi connectivity index (χ1) is 28.2. The van der Waals surface area contributed by atoms with E-state index in [0.717, 1.165) is 67.0 Å². The number of rotatable bonds is 4. The monoisotopic (exact) mass is 752 g/mol. The molecule has 6 aliphatic rings. The molecule has 1 aromatic heterocycles. The average molecular weight is 753 g/mol. The average Bonchev–Trinajstić information content (AvgIpc) is 3.80. The van der Waals surface area contributed by atoms with Crippen molar-refractivity contribution in [2.75, 3.05) is 0 Å². The van der Waals surface area contributed by atoms with E-state index in [9.17, 15) is 0 Å². The van der Waals surface area contributed by atoms with Crippen LogP contribution in [0.4, 0.5) is 0 Å². The quantitative estimate of drug-likeness (QED) is 0.195. The van der Waals surface area contributed by atoms with E-state index >= 15 is 0 Å². The summed E-state index contributed by atoms with van der Waals surface area (Å²) in [4.78, 5) is 6.86. The molecule has 12 rings (SSSR count). The van der Waals surface area contributed by atoms with E-state index in [4.69, 9.17) is 9.73 Å². The Balaban J connectivity index is 0.992. The van der Waals surface area contributed by atoms with E-state index in [2.05, 4.69) is 163 Å². The maximum atomic E-state index is 6.95. The van der Waals surface area contributed by atoms with E-state index in [1.807, 2.05) is 11.3 Å². The number of nitrogens with zero attached hydrogens (tertiary/aromatic N) is 1. The predicted molar refractivity (Wildman–Crippen MR) is 237 cm³/mol. The minimum absolute atomic E-state index is 0.255. The summed E-state index contributed by atoms with van der Waals surface area (Å²) in [5, 5.41) is 5.32. The van der Waals surface area contributed by atoms with Crippen LogP contribution in [0.1, 0.15) is 81.5 Å². The lowest BCUT2D eigenvalue weighted by Gasteiger charge is -2.41. The fourth-order valence-corrected chi connectivity index (χ4v) is 11.6. The van der Waals surface area contributed by atoms with Gasteiger partial charge in [-0.3, -0.25) is 4.99 Å². The second kappa shape index (κ2) is 12.9. The van der Waals surface area contributed by atoms with Crippen molar-refractivity contribution in [2.45, 2.75) is 50.1 Å². The Morgan fingerprint density at radius 1 is 0.649 bits per heavy atom. The van der Waals surface area contributed by atoms with Crippen molar-refractivity contribution < 1.29 is 4.74 Å². The molecule has 57 heavy (non-hydrogen) atoms. The van der Waals surface area contributed by atoms with Gasteiger partial charge >= 0.3 is 0 Å². The van der Waals surface area contributed by atoms with Gasteiger partial charge < -0.3 is 10.1 Å². The standard InChI is InChI=1S/C53H40N2OS/c1-2-14-33(15-3-1)46-32-47(35-26-28-40-39-19-8-13-25-50(39)57-51(40)31-35)55-52(54-46)41-20-5-4-16-36(41)34-27-29-45-49(30-34)56-48-24-12-11-23-44(48)53(45)42-21-9-6-17-37(42)38-18-7-10-22-43(38)53/h1-3,5-7,9,11-15,17-18,20-21,23-32,52,55H,4,8,10,16,19,22H2. The van der Waals surface area contributed by atoms with Crippen molar-refractivity contribution >= 4 is 50.1 Å². The molecule has 3 nitrogen and oxygen atoms in total. The number of aryl methyl sites for hydroxylation is 1. The van der Waals surface area contributed by atoms with Crippen LogP contribution < -0.4 is 10.1 Å². The van der Waals surface area contributed by atoms with Crippen LogP contribution in [0.15, 0.2) is 168 Å². The molecule has 2 unspecified atom stereocenters. The van der Waals surface area contributed by atoms with Crippen molar-refractivity contribution in [2.24, 2.45) is 4.99 Å². The van der Waals surface area contributed by atoms with Gasteiger partial charge in [-0.15, -0.1) is 11.3 Å². The number of allylic oxidation sites excluding steroid dienone is 8. The molecule has 0 radical (unpaired) electrons. The number of hydrogen-bond acceptors (Lipinski definition) is 4. The minimum atomic E-state index is -0.387. The number of benzene rings is 5. The molecule has 2 atom stereocenters. The summed E-state index contributed by atoms with van der Waals surface area (Å²) in [5.74, 6) is 1.89. The van der Waals surface area contributed by atoms with E-state index < -0.39 is 0 Å². The summed E-state index contributed by atoms with van der Waals surface area (Å²) in [6, 6.07) is 42.4. The molecule has 274 valence electrons. The number of aliphatic imine (C=N–C) groups is 1. The third-order valence-corrected chi connectivity index (χ3v) is 14.0. The SMILES string of the molecule is C1=CC(C2N=C(c3ccccc3)C=C(c3ccc4c5c(sc4c3)C=CCC5)N2)=C(c2ccc3c(c2)Oc2ccccc2C32C3=C(C=CCC3)c3ccccc32)CC1. The lowest BCUT2D eigenvalue weighted by molar-refractivity contribution is 0.431. The maximum Gasteiger partial charge on any atom is 0.145 e. The van der Waals surface area contributed by atoms with Gasteiger partial charge in [0, 0.05) is 26.4 Å². The van der Waals surface area contributed by atoms with E-state index in [1.54, 1.807) is 0 Å². The molecule has 5 aromatic carbocycles. The molecule has 0 fully saturated rings. The van der Waals surface area contributed by atoms with Crippen molar-refractivity contribution in [3.8, 4) is 11.5 Å². The van der Waals surface area contributed by atoms with Gasteiger partial charge in [0.25, 0.3) is 0 Å². The van der Waals surface area contributed by atoms with Gasteiger partial charge in [0.1, 0.15) is 17.7 Å². The molecule has 0 saturated heterocycles. The summed E-state index contributed by atoms with van der Waals surface area (Å²) in [6.07, 6.45) is 22.1. The lowest BCUT2D eigenvalue weighted by atomic mass is 9.64. The molecule has 3 heterocycles. The van der Waals surface area contributed by atoms with Gasteiger partial charge in [0.15, 0.2) is 0 Å². The van der Waals surface area contributed by atoms with Crippen LogP contribution in [0, 0.1) is 0 Å². The first-order valence-corrected chi connectivity index (χ1v) is 21.2. The molecular formula is C53H40N2OS. The Morgan fingerprint density at radius 2 is 1.42 bits per heavy atom. The van der Waals surface area contributed by atoms with Crippen LogP contribution in [0.25, 0.3) is 33.0 Å². The van der Waals surface area contributed by atoms with Crippen molar-refractivity contribution in [3.63, 3.8) is 0 Å². The normalized spacial score (nSPS) is 21.3. The fourth-order valence-electron chi connectivity index (χ4n) is 10.4.